The minimum absolute atomic E-state index is 0.612. The summed E-state index contributed by atoms with van der Waals surface area (Å²) in [6.45, 7) is 6.56. The molecule has 0 amide bonds. The lowest BCUT2D eigenvalue weighted by Gasteiger charge is -2.14. The molecule has 0 radical (unpaired) electrons. The van der Waals surface area contributed by atoms with E-state index in [1.165, 1.54) is 0 Å². The van der Waals surface area contributed by atoms with Gasteiger partial charge in [-0.25, -0.2) is 0 Å². The number of nitrogens with one attached hydrogen (secondary N) is 1. The summed E-state index contributed by atoms with van der Waals surface area (Å²) in [4.78, 5) is 0. The summed E-state index contributed by atoms with van der Waals surface area (Å²) < 4.78 is 17.5. The Hall–Kier alpha value is -1.46. The van der Waals surface area contributed by atoms with Crippen molar-refractivity contribution >= 4 is 15.9 Å². The van der Waals surface area contributed by atoms with E-state index in [0.717, 1.165) is 27.3 Å². The Kier molecular flexibility index (Phi) is 6.14. The maximum atomic E-state index is 5.65. The van der Waals surface area contributed by atoms with Gasteiger partial charge in [-0.2, -0.15) is 0 Å². The van der Waals surface area contributed by atoms with Gasteiger partial charge in [-0.15, -0.1) is 0 Å². The summed E-state index contributed by atoms with van der Waals surface area (Å²) >= 11 is 3.58. The van der Waals surface area contributed by atoms with Crippen molar-refractivity contribution in [2.75, 3.05) is 13.2 Å². The highest BCUT2D eigenvalue weighted by molar-refractivity contribution is 9.10. The maximum absolute atomic E-state index is 5.65. The molecule has 0 aliphatic rings. The van der Waals surface area contributed by atoms with Crippen LogP contribution in [0.3, 0.4) is 0 Å². The third-order valence-corrected chi connectivity index (χ3v) is 3.65. The Morgan fingerprint density at radius 1 is 1.10 bits per heavy atom. The molecule has 21 heavy (non-hydrogen) atoms. The zero-order valence-electron chi connectivity index (χ0n) is 12.3. The third-order valence-electron chi connectivity index (χ3n) is 2.91. The molecule has 0 aliphatic heterocycles. The molecule has 1 aromatic carbocycles. The van der Waals surface area contributed by atoms with E-state index in [9.17, 15) is 0 Å². The van der Waals surface area contributed by atoms with E-state index in [4.69, 9.17) is 13.9 Å². The highest BCUT2D eigenvalue weighted by Gasteiger charge is 2.10. The quantitative estimate of drug-likeness (QED) is 0.774. The minimum Gasteiger partial charge on any atom is -0.490 e. The Morgan fingerprint density at radius 2 is 1.81 bits per heavy atom. The van der Waals surface area contributed by atoms with Crippen molar-refractivity contribution in [3.8, 4) is 11.5 Å². The monoisotopic (exact) mass is 353 g/mol. The van der Waals surface area contributed by atoms with Gasteiger partial charge >= 0.3 is 0 Å². The molecule has 0 spiro atoms. The fourth-order valence-corrected chi connectivity index (χ4v) is 2.45. The van der Waals surface area contributed by atoms with Crippen molar-refractivity contribution in [1.29, 1.82) is 0 Å². The van der Waals surface area contributed by atoms with Gasteiger partial charge in [-0.05, 0) is 43.7 Å². The van der Waals surface area contributed by atoms with Gasteiger partial charge in [0.1, 0.15) is 5.76 Å². The molecule has 1 heterocycles. The first-order valence-corrected chi connectivity index (χ1v) is 7.85. The number of halogens is 1. The Morgan fingerprint density at radius 3 is 2.43 bits per heavy atom. The van der Waals surface area contributed by atoms with Gasteiger partial charge < -0.3 is 19.2 Å². The molecule has 2 aromatic rings. The van der Waals surface area contributed by atoms with Crippen LogP contribution in [-0.4, -0.2) is 13.2 Å². The first-order valence-electron chi connectivity index (χ1n) is 7.05. The molecule has 0 saturated heterocycles. The zero-order chi connectivity index (χ0) is 15.1. The SMILES string of the molecule is CCOc1cc(Br)c(CNCc2ccco2)cc1OCC. The van der Waals surface area contributed by atoms with Gasteiger partial charge in [0.15, 0.2) is 11.5 Å². The van der Waals surface area contributed by atoms with E-state index < -0.39 is 0 Å². The van der Waals surface area contributed by atoms with Crippen LogP contribution in [0.2, 0.25) is 0 Å². The zero-order valence-corrected chi connectivity index (χ0v) is 13.9. The van der Waals surface area contributed by atoms with Crippen LogP contribution in [-0.2, 0) is 13.1 Å². The van der Waals surface area contributed by atoms with Gasteiger partial charge in [0.2, 0.25) is 0 Å². The molecular weight excluding hydrogens is 334 g/mol. The topological polar surface area (TPSA) is 43.6 Å². The van der Waals surface area contributed by atoms with Crippen LogP contribution in [0.1, 0.15) is 25.2 Å². The van der Waals surface area contributed by atoms with Crippen molar-refractivity contribution in [2.45, 2.75) is 26.9 Å². The fourth-order valence-electron chi connectivity index (χ4n) is 1.98. The lowest BCUT2D eigenvalue weighted by molar-refractivity contribution is 0.287. The second-order valence-electron chi connectivity index (χ2n) is 4.44. The average Bonchev–Trinajstić information content (AvgIpc) is 2.97. The van der Waals surface area contributed by atoms with E-state index in [0.29, 0.717) is 26.3 Å². The van der Waals surface area contributed by atoms with Crippen molar-refractivity contribution in [3.63, 3.8) is 0 Å². The molecule has 5 heteroatoms. The van der Waals surface area contributed by atoms with E-state index in [2.05, 4.69) is 21.2 Å². The molecule has 0 atom stereocenters. The number of ether oxygens (including phenoxy) is 2. The van der Waals surface area contributed by atoms with Crippen LogP contribution in [0.4, 0.5) is 0 Å². The molecule has 0 aliphatic carbocycles. The standard InChI is InChI=1S/C16H20BrNO3/c1-3-19-15-8-12(14(17)9-16(15)20-4-2)10-18-11-13-6-5-7-21-13/h5-9,18H,3-4,10-11H2,1-2H3. The van der Waals surface area contributed by atoms with Crippen LogP contribution in [0.15, 0.2) is 39.4 Å². The van der Waals surface area contributed by atoms with E-state index in [1.807, 2.05) is 38.1 Å². The van der Waals surface area contributed by atoms with E-state index in [1.54, 1.807) is 6.26 Å². The van der Waals surface area contributed by atoms with Gasteiger partial charge in [0.25, 0.3) is 0 Å². The summed E-state index contributed by atoms with van der Waals surface area (Å²) in [5, 5.41) is 3.35. The number of hydrogen-bond acceptors (Lipinski definition) is 4. The molecule has 2 rings (SSSR count). The average molecular weight is 354 g/mol. The molecule has 0 bridgehead atoms. The van der Waals surface area contributed by atoms with Crippen molar-refractivity contribution < 1.29 is 13.9 Å². The van der Waals surface area contributed by atoms with E-state index in [-0.39, 0.29) is 0 Å². The highest BCUT2D eigenvalue weighted by atomic mass is 79.9. The van der Waals surface area contributed by atoms with Crippen molar-refractivity contribution in [3.05, 3.63) is 46.3 Å². The van der Waals surface area contributed by atoms with Crippen LogP contribution in [0.25, 0.3) is 0 Å². The molecule has 4 nitrogen and oxygen atoms in total. The molecule has 0 saturated carbocycles. The first kappa shape index (κ1) is 15.9. The number of hydrogen-bond donors (Lipinski definition) is 1. The second-order valence-corrected chi connectivity index (χ2v) is 5.29. The van der Waals surface area contributed by atoms with Gasteiger partial charge in [-0.1, -0.05) is 15.9 Å². The largest absolute Gasteiger partial charge is 0.490 e. The first-order chi connectivity index (χ1) is 10.2. The van der Waals surface area contributed by atoms with Crippen molar-refractivity contribution in [1.82, 2.24) is 5.32 Å². The second kappa shape index (κ2) is 8.10. The number of benzene rings is 1. The molecule has 0 fully saturated rings. The Bertz CT molecular complexity index is 555. The predicted octanol–water partition coefficient (Wildman–Crippen LogP) is 4.13. The highest BCUT2D eigenvalue weighted by Crippen LogP contribution is 2.33. The van der Waals surface area contributed by atoms with Gasteiger partial charge in [0.05, 0.1) is 26.0 Å². The van der Waals surface area contributed by atoms with Gasteiger partial charge in [0, 0.05) is 11.0 Å². The van der Waals surface area contributed by atoms with E-state index >= 15 is 0 Å². The summed E-state index contributed by atoms with van der Waals surface area (Å²) in [6.07, 6.45) is 1.68. The molecule has 1 aromatic heterocycles. The molecule has 1 N–H and O–H groups in total. The van der Waals surface area contributed by atoms with Gasteiger partial charge in [-0.3, -0.25) is 0 Å². The Labute approximate surface area is 133 Å². The van der Waals surface area contributed by atoms with Crippen LogP contribution < -0.4 is 14.8 Å². The summed E-state index contributed by atoms with van der Waals surface area (Å²) in [6, 6.07) is 7.80. The summed E-state index contributed by atoms with van der Waals surface area (Å²) in [5.41, 5.74) is 1.12. The fraction of sp³-hybridized carbons (Fsp3) is 0.375. The van der Waals surface area contributed by atoms with Crippen LogP contribution >= 0.6 is 15.9 Å². The maximum Gasteiger partial charge on any atom is 0.162 e. The molecule has 0 unspecified atom stereocenters. The number of furan rings is 1. The third kappa shape index (κ3) is 4.51. The lowest BCUT2D eigenvalue weighted by atomic mass is 10.2. The Balaban J connectivity index is 2.05. The minimum atomic E-state index is 0.612. The smallest absolute Gasteiger partial charge is 0.162 e. The summed E-state index contributed by atoms with van der Waals surface area (Å²) in [7, 11) is 0. The van der Waals surface area contributed by atoms with Crippen molar-refractivity contribution in [2.24, 2.45) is 0 Å². The predicted molar refractivity (Wildman–Crippen MR) is 85.7 cm³/mol. The lowest BCUT2D eigenvalue weighted by Crippen LogP contribution is -2.13. The summed E-state index contributed by atoms with van der Waals surface area (Å²) in [5.74, 6) is 2.46. The molecule has 114 valence electrons. The normalized spacial score (nSPS) is 10.6. The van der Waals surface area contributed by atoms with Crippen LogP contribution in [0, 0.1) is 0 Å². The number of rotatable bonds is 8. The molecular formula is C16H20BrNO3. The van der Waals surface area contributed by atoms with Crippen LogP contribution in [0.5, 0.6) is 11.5 Å².